The molecule has 0 aliphatic carbocycles. The van der Waals surface area contributed by atoms with Crippen LogP contribution in [0, 0.1) is 0 Å². The van der Waals surface area contributed by atoms with Crippen molar-refractivity contribution in [2.45, 2.75) is 18.9 Å². The van der Waals surface area contributed by atoms with Crippen LogP contribution < -0.4 is 5.73 Å². The third-order valence-electron chi connectivity index (χ3n) is 3.28. The van der Waals surface area contributed by atoms with Crippen molar-refractivity contribution in [1.29, 1.82) is 0 Å². The van der Waals surface area contributed by atoms with Crippen molar-refractivity contribution < 1.29 is 4.52 Å². The fraction of sp³-hybridized carbons (Fsp3) is 0.188. The van der Waals surface area contributed by atoms with E-state index in [9.17, 15) is 0 Å². The van der Waals surface area contributed by atoms with Gasteiger partial charge in [0.1, 0.15) is 0 Å². The Hall–Kier alpha value is -2.53. The first-order chi connectivity index (χ1) is 10.3. The molecule has 21 heavy (non-hydrogen) atoms. The lowest BCUT2D eigenvalue weighted by Crippen LogP contribution is -2.11. The minimum atomic E-state index is -0.256. The fourth-order valence-corrected chi connectivity index (χ4v) is 2.09. The van der Waals surface area contributed by atoms with Gasteiger partial charge in [-0.05, 0) is 30.5 Å². The molecule has 0 bridgehead atoms. The van der Waals surface area contributed by atoms with Crippen molar-refractivity contribution in [3.8, 4) is 11.4 Å². The van der Waals surface area contributed by atoms with E-state index in [1.54, 1.807) is 12.4 Å². The predicted octanol–water partition coefficient (Wildman–Crippen LogP) is 2.76. The summed E-state index contributed by atoms with van der Waals surface area (Å²) in [5.74, 6) is 1.01. The molecule has 0 aliphatic rings. The van der Waals surface area contributed by atoms with E-state index in [4.69, 9.17) is 10.3 Å². The van der Waals surface area contributed by atoms with Gasteiger partial charge in [-0.25, -0.2) is 0 Å². The minimum absolute atomic E-state index is 0.256. The van der Waals surface area contributed by atoms with Gasteiger partial charge in [0.2, 0.25) is 11.7 Å². The third kappa shape index (κ3) is 3.32. The second-order valence-corrected chi connectivity index (χ2v) is 4.82. The van der Waals surface area contributed by atoms with Crippen LogP contribution in [0.1, 0.15) is 23.9 Å². The quantitative estimate of drug-likeness (QED) is 0.777. The second kappa shape index (κ2) is 6.28. The van der Waals surface area contributed by atoms with Crippen LogP contribution in [0.5, 0.6) is 0 Å². The molecule has 0 fully saturated rings. The van der Waals surface area contributed by atoms with Crippen LogP contribution in [-0.2, 0) is 6.42 Å². The minimum Gasteiger partial charge on any atom is -0.337 e. The lowest BCUT2D eigenvalue weighted by molar-refractivity contribution is 0.349. The van der Waals surface area contributed by atoms with E-state index in [1.807, 2.05) is 30.3 Å². The average Bonchev–Trinajstić information content (AvgIpc) is 3.04. The molecule has 3 rings (SSSR count). The van der Waals surface area contributed by atoms with Gasteiger partial charge in [-0.15, -0.1) is 0 Å². The van der Waals surface area contributed by atoms with Crippen LogP contribution in [-0.4, -0.2) is 15.1 Å². The summed E-state index contributed by atoms with van der Waals surface area (Å²) in [6.07, 6.45) is 5.04. The predicted molar refractivity (Wildman–Crippen MR) is 79.2 cm³/mol. The molecule has 1 aromatic carbocycles. The highest BCUT2D eigenvalue weighted by atomic mass is 16.5. The van der Waals surface area contributed by atoms with Crippen LogP contribution in [0.2, 0.25) is 0 Å². The molecule has 0 unspecified atom stereocenters. The van der Waals surface area contributed by atoms with Crippen LogP contribution in [0.15, 0.2) is 59.4 Å². The fourth-order valence-electron chi connectivity index (χ4n) is 2.09. The zero-order chi connectivity index (χ0) is 14.5. The van der Waals surface area contributed by atoms with Crippen molar-refractivity contribution in [3.05, 3.63) is 66.3 Å². The summed E-state index contributed by atoms with van der Waals surface area (Å²) in [5, 5.41) is 3.97. The van der Waals surface area contributed by atoms with Crippen molar-refractivity contribution in [2.24, 2.45) is 5.73 Å². The van der Waals surface area contributed by atoms with Crippen molar-refractivity contribution in [1.82, 2.24) is 15.1 Å². The molecule has 5 heteroatoms. The van der Waals surface area contributed by atoms with Crippen LogP contribution in [0.3, 0.4) is 0 Å². The molecule has 0 radical (unpaired) electrons. The normalized spacial score (nSPS) is 12.2. The molecular weight excluding hydrogens is 264 g/mol. The number of hydrogen-bond donors (Lipinski definition) is 1. The largest absolute Gasteiger partial charge is 0.337 e. The molecule has 0 saturated carbocycles. The first kappa shape index (κ1) is 13.5. The average molecular weight is 280 g/mol. The van der Waals surface area contributed by atoms with Gasteiger partial charge in [-0.3, -0.25) is 4.98 Å². The van der Waals surface area contributed by atoms with E-state index in [0.717, 1.165) is 18.4 Å². The molecule has 3 aromatic rings. The summed E-state index contributed by atoms with van der Waals surface area (Å²) in [4.78, 5) is 8.33. The molecule has 0 spiro atoms. The summed E-state index contributed by atoms with van der Waals surface area (Å²) < 4.78 is 5.26. The van der Waals surface area contributed by atoms with Crippen molar-refractivity contribution >= 4 is 0 Å². The summed E-state index contributed by atoms with van der Waals surface area (Å²) in [6.45, 7) is 0. The molecule has 1 atom stereocenters. The monoisotopic (exact) mass is 280 g/mol. The molecule has 2 N–H and O–H groups in total. The lowest BCUT2D eigenvalue weighted by Gasteiger charge is -2.06. The third-order valence-corrected chi connectivity index (χ3v) is 3.28. The maximum Gasteiger partial charge on any atom is 0.243 e. The van der Waals surface area contributed by atoms with E-state index in [0.29, 0.717) is 11.7 Å². The Morgan fingerprint density at radius 2 is 1.81 bits per heavy atom. The maximum atomic E-state index is 6.13. The standard InChI is InChI=1S/C16H16N4O/c17-14(7-6-12-4-2-1-3-5-12)16-19-15(20-21-16)13-8-10-18-11-9-13/h1-5,8-11,14H,6-7,17H2/t14-/m0/s1. The Bertz CT molecular complexity index is 682. The zero-order valence-electron chi connectivity index (χ0n) is 11.5. The van der Waals surface area contributed by atoms with Crippen LogP contribution in [0.4, 0.5) is 0 Å². The Morgan fingerprint density at radius 1 is 1.05 bits per heavy atom. The van der Waals surface area contributed by atoms with Crippen molar-refractivity contribution in [3.63, 3.8) is 0 Å². The van der Waals surface area contributed by atoms with Gasteiger partial charge in [0.05, 0.1) is 6.04 Å². The molecule has 2 aromatic heterocycles. The van der Waals surface area contributed by atoms with Gasteiger partial charge in [0, 0.05) is 18.0 Å². The number of nitrogens with two attached hydrogens (primary N) is 1. The number of aryl methyl sites for hydroxylation is 1. The molecule has 5 nitrogen and oxygen atoms in total. The van der Waals surface area contributed by atoms with E-state index in [1.165, 1.54) is 5.56 Å². The van der Waals surface area contributed by atoms with Gasteiger partial charge in [0.25, 0.3) is 0 Å². The second-order valence-electron chi connectivity index (χ2n) is 4.82. The lowest BCUT2D eigenvalue weighted by atomic mass is 10.1. The van der Waals surface area contributed by atoms with Gasteiger partial charge in [0.15, 0.2) is 0 Å². The summed E-state index contributed by atoms with van der Waals surface area (Å²) in [5.41, 5.74) is 8.25. The number of pyridine rings is 1. The Morgan fingerprint density at radius 3 is 2.57 bits per heavy atom. The molecule has 0 saturated heterocycles. The summed E-state index contributed by atoms with van der Waals surface area (Å²) in [7, 11) is 0. The Labute approximate surface area is 122 Å². The molecule has 2 heterocycles. The molecular formula is C16H16N4O. The Kier molecular flexibility index (Phi) is 4.02. The molecule has 0 amide bonds. The van der Waals surface area contributed by atoms with Crippen LogP contribution >= 0.6 is 0 Å². The van der Waals surface area contributed by atoms with Gasteiger partial charge < -0.3 is 10.3 Å². The Balaban J connectivity index is 1.66. The maximum absolute atomic E-state index is 6.13. The highest BCUT2D eigenvalue weighted by Crippen LogP contribution is 2.19. The summed E-state index contributed by atoms with van der Waals surface area (Å²) >= 11 is 0. The number of hydrogen-bond acceptors (Lipinski definition) is 5. The van der Waals surface area contributed by atoms with Gasteiger partial charge in [-0.1, -0.05) is 35.5 Å². The SMILES string of the molecule is N[C@@H](CCc1ccccc1)c1nc(-c2ccncc2)no1. The molecule has 0 aliphatic heterocycles. The van der Waals surface area contributed by atoms with E-state index >= 15 is 0 Å². The molecule has 106 valence electrons. The topological polar surface area (TPSA) is 77.8 Å². The van der Waals surface area contributed by atoms with Crippen LogP contribution in [0.25, 0.3) is 11.4 Å². The highest BCUT2D eigenvalue weighted by molar-refractivity contribution is 5.52. The van der Waals surface area contributed by atoms with Crippen molar-refractivity contribution in [2.75, 3.05) is 0 Å². The smallest absolute Gasteiger partial charge is 0.243 e. The van der Waals surface area contributed by atoms with E-state index < -0.39 is 0 Å². The number of benzene rings is 1. The van der Waals surface area contributed by atoms with Gasteiger partial charge >= 0.3 is 0 Å². The number of nitrogens with zero attached hydrogens (tertiary/aromatic N) is 3. The first-order valence-corrected chi connectivity index (χ1v) is 6.86. The summed E-state index contributed by atoms with van der Waals surface area (Å²) in [6, 6.07) is 13.6. The van der Waals surface area contributed by atoms with E-state index in [2.05, 4.69) is 27.3 Å². The highest BCUT2D eigenvalue weighted by Gasteiger charge is 2.15. The zero-order valence-corrected chi connectivity index (χ0v) is 11.5. The number of rotatable bonds is 5. The first-order valence-electron chi connectivity index (χ1n) is 6.86. The van der Waals surface area contributed by atoms with E-state index in [-0.39, 0.29) is 6.04 Å². The number of aromatic nitrogens is 3. The van der Waals surface area contributed by atoms with Gasteiger partial charge in [-0.2, -0.15) is 4.98 Å².